The Bertz CT molecular complexity index is 501. The Hall–Kier alpha value is -1.73. The van der Waals surface area contributed by atoms with Gasteiger partial charge in [-0.3, -0.25) is 4.79 Å². The van der Waals surface area contributed by atoms with Crippen molar-refractivity contribution >= 4 is 11.7 Å². The van der Waals surface area contributed by atoms with E-state index in [-0.39, 0.29) is 11.7 Å². The summed E-state index contributed by atoms with van der Waals surface area (Å²) in [5.41, 5.74) is 0.361. The Labute approximate surface area is 123 Å². The average Bonchev–Trinajstić information content (AvgIpc) is 2.96. The molecule has 1 amide bonds. The molecule has 2 aliphatic heterocycles. The van der Waals surface area contributed by atoms with Gasteiger partial charge in [-0.1, -0.05) is 0 Å². The molecule has 0 atom stereocenters. The molecule has 1 aromatic rings. The number of amides is 1. The summed E-state index contributed by atoms with van der Waals surface area (Å²) >= 11 is 0. The normalized spacial score (nSPS) is 20.8. The largest absolute Gasteiger partial charge is 0.355 e. The van der Waals surface area contributed by atoms with Crippen LogP contribution < -0.4 is 4.90 Å². The Morgan fingerprint density at radius 3 is 2.38 bits per heavy atom. The van der Waals surface area contributed by atoms with E-state index in [0.29, 0.717) is 18.9 Å². The molecule has 114 valence electrons. The minimum atomic E-state index is -0.384. The third-order valence-corrected chi connectivity index (χ3v) is 3.94. The smallest absolute Gasteiger partial charge is 0.273 e. The Morgan fingerprint density at radius 1 is 1.19 bits per heavy atom. The van der Waals surface area contributed by atoms with Crippen LogP contribution in [0, 0.1) is 0 Å². The zero-order chi connectivity index (χ0) is 14.9. The van der Waals surface area contributed by atoms with Gasteiger partial charge in [0, 0.05) is 40.0 Å². The zero-order valence-corrected chi connectivity index (χ0v) is 12.4. The summed E-state index contributed by atoms with van der Waals surface area (Å²) in [5.74, 6) is 0.266. The number of anilines is 1. The fraction of sp³-hybridized carbons (Fsp3) is 0.643. The maximum atomic E-state index is 11.8. The van der Waals surface area contributed by atoms with Gasteiger partial charge in [0.1, 0.15) is 0 Å². The lowest BCUT2D eigenvalue weighted by Crippen LogP contribution is -2.45. The lowest BCUT2D eigenvalue weighted by molar-refractivity contribution is -0.169. The number of aromatic nitrogens is 2. The van der Waals surface area contributed by atoms with E-state index in [1.165, 1.54) is 4.90 Å². The first-order valence-corrected chi connectivity index (χ1v) is 7.18. The van der Waals surface area contributed by atoms with Crippen molar-refractivity contribution < 1.29 is 14.3 Å². The van der Waals surface area contributed by atoms with Crippen molar-refractivity contribution in [1.82, 2.24) is 15.1 Å². The van der Waals surface area contributed by atoms with Crippen LogP contribution in [-0.2, 0) is 9.47 Å². The van der Waals surface area contributed by atoms with Gasteiger partial charge in [-0.05, 0) is 12.1 Å². The molecule has 0 unspecified atom stereocenters. The minimum absolute atomic E-state index is 0.139. The van der Waals surface area contributed by atoms with Crippen LogP contribution >= 0.6 is 0 Å². The van der Waals surface area contributed by atoms with Crippen LogP contribution in [0.2, 0.25) is 0 Å². The van der Waals surface area contributed by atoms with E-state index in [1.54, 1.807) is 20.2 Å². The second-order valence-electron chi connectivity index (χ2n) is 5.57. The van der Waals surface area contributed by atoms with Gasteiger partial charge in [0.25, 0.3) is 5.91 Å². The third-order valence-electron chi connectivity index (χ3n) is 3.94. The number of hydrogen-bond acceptors (Lipinski definition) is 6. The van der Waals surface area contributed by atoms with Crippen LogP contribution in [0.15, 0.2) is 12.1 Å². The molecule has 21 heavy (non-hydrogen) atoms. The summed E-state index contributed by atoms with van der Waals surface area (Å²) in [5, 5.41) is 8.19. The molecule has 1 aromatic heterocycles. The summed E-state index contributed by atoms with van der Waals surface area (Å²) in [6.45, 7) is 2.99. The number of nitrogens with zero attached hydrogens (tertiary/aromatic N) is 4. The maximum absolute atomic E-state index is 11.8. The molecular formula is C14H20N4O3. The summed E-state index contributed by atoms with van der Waals surface area (Å²) in [6, 6.07) is 3.57. The summed E-state index contributed by atoms with van der Waals surface area (Å²) in [7, 11) is 3.40. The van der Waals surface area contributed by atoms with Crippen molar-refractivity contribution in [3.05, 3.63) is 17.8 Å². The Morgan fingerprint density at radius 2 is 1.86 bits per heavy atom. The van der Waals surface area contributed by atoms with E-state index in [2.05, 4.69) is 15.1 Å². The lowest BCUT2D eigenvalue weighted by atomic mass is 10.0. The quantitative estimate of drug-likeness (QED) is 0.792. The lowest BCUT2D eigenvalue weighted by Gasteiger charge is -2.37. The van der Waals surface area contributed by atoms with Crippen molar-refractivity contribution in [2.24, 2.45) is 0 Å². The minimum Gasteiger partial charge on any atom is -0.355 e. The standard InChI is InChI=1S/C14H20N4O3/c1-17(2)13(19)11-3-4-12(16-15-11)18-7-5-14(6-8-18)20-9-10-21-14/h3-4H,5-10H2,1-2H3. The molecule has 0 aromatic carbocycles. The highest BCUT2D eigenvalue weighted by Gasteiger charge is 2.40. The highest BCUT2D eigenvalue weighted by atomic mass is 16.7. The topological polar surface area (TPSA) is 67.8 Å². The first-order valence-electron chi connectivity index (χ1n) is 7.18. The van der Waals surface area contributed by atoms with Gasteiger partial charge in [0.2, 0.25) is 0 Å². The fourth-order valence-electron chi connectivity index (χ4n) is 2.70. The molecule has 0 radical (unpaired) electrons. The van der Waals surface area contributed by atoms with Crippen LogP contribution in [0.4, 0.5) is 5.82 Å². The number of piperidine rings is 1. The average molecular weight is 292 g/mol. The molecule has 3 heterocycles. The van der Waals surface area contributed by atoms with E-state index in [1.807, 2.05) is 6.07 Å². The van der Waals surface area contributed by atoms with Crippen LogP contribution in [0.5, 0.6) is 0 Å². The number of rotatable bonds is 2. The van der Waals surface area contributed by atoms with Crippen molar-refractivity contribution in [2.75, 3.05) is 45.3 Å². The summed E-state index contributed by atoms with van der Waals surface area (Å²) < 4.78 is 11.4. The van der Waals surface area contributed by atoms with Gasteiger partial charge in [-0.2, -0.15) is 0 Å². The third kappa shape index (κ3) is 2.84. The van der Waals surface area contributed by atoms with Gasteiger partial charge in [0.15, 0.2) is 17.3 Å². The first-order chi connectivity index (χ1) is 10.1. The zero-order valence-electron chi connectivity index (χ0n) is 12.4. The van der Waals surface area contributed by atoms with E-state index < -0.39 is 0 Å². The molecule has 0 saturated carbocycles. The molecule has 3 rings (SSSR count). The van der Waals surface area contributed by atoms with Crippen molar-refractivity contribution in [3.63, 3.8) is 0 Å². The van der Waals surface area contributed by atoms with Gasteiger partial charge < -0.3 is 19.3 Å². The van der Waals surface area contributed by atoms with Crippen molar-refractivity contribution in [3.8, 4) is 0 Å². The first kappa shape index (κ1) is 14.2. The van der Waals surface area contributed by atoms with E-state index >= 15 is 0 Å². The molecule has 7 heteroatoms. The molecular weight excluding hydrogens is 272 g/mol. The number of ether oxygens (including phenoxy) is 2. The molecule has 2 fully saturated rings. The number of carbonyl (C=O) groups excluding carboxylic acids is 1. The van der Waals surface area contributed by atoms with Gasteiger partial charge in [0.05, 0.1) is 13.2 Å². The van der Waals surface area contributed by atoms with E-state index in [0.717, 1.165) is 31.7 Å². The Balaban J connectivity index is 1.64. The van der Waals surface area contributed by atoms with Crippen LogP contribution in [-0.4, -0.2) is 67.2 Å². The van der Waals surface area contributed by atoms with Crippen molar-refractivity contribution in [1.29, 1.82) is 0 Å². The molecule has 0 bridgehead atoms. The van der Waals surface area contributed by atoms with Crippen LogP contribution in [0.3, 0.4) is 0 Å². The second-order valence-corrected chi connectivity index (χ2v) is 5.57. The highest BCUT2D eigenvalue weighted by molar-refractivity contribution is 5.91. The summed E-state index contributed by atoms with van der Waals surface area (Å²) in [4.78, 5) is 15.4. The highest BCUT2D eigenvalue weighted by Crippen LogP contribution is 2.32. The molecule has 7 nitrogen and oxygen atoms in total. The van der Waals surface area contributed by atoms with E-state index in [9.17, 15) is 4.79 Å². The fourth-order valence-corrected chi connectivity index (χ4v) is 2.70. The van der Waals surface area contributed by atoms with Gasteiger partial charge >= 0.3 is 0 Å². The molecule has 0 aliphatic carbocycles. The maximum Gasteiger partial charge on any atom is 0.273 e. The second kappa shape index (κ2) is 5.57. The van der Waals surface area contributed by atoms with Gasteiger partial charge in [-0.15, -0.1) is 10.2 Å². The molecule has 0 N–H and O–H groups in total. The van der Waals surface area contributed by atoms with Gasteiger partial charge in [-0.25, -0.2) is 0 Å². The molecule has 1 spiro atoms. The molecule has 2 aliphatic rings. The SMILES string of the molecule is CN(C)C(=O)c1ccc(N2CCC3(CC2)OCCO3)nn1. The number of hydrogen-bond donors (Lipinski definition) is 0. The monoisotopic (exact) mass is 292 g/mol. The predicted molar refractivity (Wildman–Crippen MR) is 76.1 cm³/mol. The number of carbonyl (C=O) groups is 1. The van der Waals surface area contributed by atoms with Crippen molar-refractivity contribution in [2.45, 2.75) is 18.6 Å². The van der Waals surface area contributed by atoms with E-state index in [4.69, 9.17) is 9.47 Å². The van der Waals surface area contributed by atoms with Crippen LogP contribution in [0.1, 0.15) is 23.3 Å². The predicted octanol–water partition coefficient (Wildman–Crippen LogP) is 0.522. The molecule has 2 saturated heterocycles. The Kier molecular flexibility index (Phi) is 3.77. The summed E-state index contributed by atoms with van der Waals surface area (Å²) in [6.07, 6.45) is 1.65. The van der Waals surface area contributed by atoms with Crippen LogP contribution in [0.25, 0.3) is 0 Å².